The van der Waals surface area contributed by atoms with Gasteiger partial charge in [0.05, 0.1) is 14.7 Å². The van der Waals surface area contributed by atoms with Gasteiger partial charge in [0.25, 0.3) is 0 Å². The van der Waals surface area contributed by atoms with E-state index >= 15 is 0 Å². The monoisotopic (exact) mass is 338 g/mol. The van der Waals surface area contributed by atoms with E-state index in [4.69, 9.17) is 23.2 Å². The van der Waals surface area contributed by atoms with Gasteiger partial charge in [-0.3, -0.25) is 0 Å². The Morgan fingerprint density at radius 1 is 1.29 bits per heavy atom. The molecule has 1 unspecified atom stereocenters. The molecule has 1 aromatic rings. The van der Waals surface area contributed by atoms with Gasteiger partial charge in [-0.2, -0.15) is 10.2 Å². The number of hydrogen-bond donors (Lipinski definition) is 0. The lowest BCUT2D eigenvalue weighted by atomic mass is 10.1. The summed E-state index contributed by atoms with van der Waals surface area (Å²) in [5.41, 5.74) is 1.78. The highest BCUT2D eigenvalue weighted by Crippen LogP contribution is 2.25. The lowest BCUT2D eigenvalue weighted by molar-refractivity contribution is 1.28. The van der Waals surface area contributed by atoms with Gasteiger partial charge in [-0.05, 0) is 12.1 Å². The van der Waals surface area contributed by atoms with Gasteiger partial charge in [-0.15, -0.1) is 0 Å². The first-order chi connectivity index (χ1) is 6.68. The molecule has 0 saturated heterocycles. The van der Waals surface area contributed by atoms with E-state index in [-0.39, 0.29) is 3.92 Å². The van der Waals surface area contributed by atoms with Gasteiger partial charge in [-0.1, -0.05) is 51.9 Å². The normalized spacial score (nSPS) is 19.9. The fraction of sp³-hybridized carbons (Fsp3) is 0.111. The Morgan fingerprint density at radius 3 is 2.64 bits per heavy atom. The van der Waals surface area contributed by atoms with Crippen molar-refractivity contribution in [2.24, 2.45) is 10.2 Å². The number of nitrogens with zero attached hydrogens (tertiary/aromatic N) is 2. The van der Waals surface area contributed by atoms with Crippen LogP contribution in [0.4, 0.5) is 0 Å². The zero-order valence-corrected chi connectivity index (χ0v) is 10.6. The molecule has 14 heavy (non-hydrogen) atoms. The van der Waals surface area contributed by atoms with Gasteiger partial charge in [0.1, 0.15) is 0 Å². The Balaban J connectivity index is 2.43. The molecule has 0 aliphatic carbocycles. The third-order valence-corrected chi connectivity index (χ3v) is 3.29. The number of alkyl halides is 1. The van der Waals surface area contributed by atoms with Crippen molar-refractivity contribution < 1.29 is 0 Å². The molecule has 0 bridgehead atoms. The zero-order chi connectivity index (χ0) is 10.1. The molecule has 0 N–H and O–H groups in total. The first kappa shape index (κ1) is 10.4. The fourth-order valence-corrected chi connectivity index (χ4v) is 2.29. The van der Waals surface area contributed by atoms with Crippen molar-refractivity contribution in [2.75, 3.05) is 0 Å². The average Bonchev–Trinajstić information content (AvgIpc) is 2.52. The number of benzene rings is 1. The van der Waals surface area contributed by atoms with Crippen LogP contribution in [-0.4, -0.2) is 15.9 Å². The maximum absolute atomic E-state index is 6.05. The van der Waals surface area contributed by atoms with Crippen molar-refractivity contribution in [3.8, 4) is 0 Å². The van der Waals surface area contributed by atoms with Gasteiger partial charge in [0, 0.05) is 16.8 Å². The topological polar surface area (TPSA) is 24.7 Å². The largest absolute Gasteiger partial charge is 0.162 e. The predicted molar refractivity (Wildman–Crippen MR) is 69.3 cm³/mol. The van der Waals surface area contributed by atoms with Crippen LogP contribution in [0.25, 0.3) is 0 Å². The van der Waals surface area contributed by atoms with E-state index in [1.807, 2.05) is 6.07 Å². The summed E-state index contributed by atoms with van der Waals surface area (Å²) in [4.78, 5) is 0. The first-order valence-electron chi connectivity index (χ1n) is 3.89. The molecule has 72 valence electrons. The Labute approximate surface area is 105 Å². The van der Waals surface area contributed by atoms with E-state index in [9.17, 15) is 0 Å². The van der Waals surface area contributed by atoms with Crippen molar-refractivity contribution in [1.82, 2.24) is 0 Å². The average molecular weight is 339 g/mol. The highest BCUT2D eigenvalue weighted by molar-refractivity contribution is 14.1. The molecule has 1 aliphatic heterocycles. The van der Waals surface area contributed by atoms with Crippen LogP contribution in [0.1, 0.15) is 5.56 Å². The van der Waals surface area contributed by atoms with E-state index < -0.39 is 0 Å². The van der Waals surface area contributed by atoms with Crippen LogP contribution >= 0.6 is 45.8 Å². The van der Waals surface area contributed by atoms with Crippen molar-refractivity contribution >= 4 is 57.7 Å². The molecule has 1 aromatic carbocycles. The molecule has 0 fully saturated rings. The van der Waals surface area contributed by atoms with Gasteiger partial charge < -0.3 is 0 Å². The van der Waals surface area contributed by atoms with E-state index in [0.717, 1.165) is 11.3 Å². The van der Waals surface area contributed by atoms with Crippen LogP contribution < -0.4 is 0 Å². The molecule has 2 nitrogen and oxygen atoms in total. The van der Waals surface area contributed by atoms with Crippen LogP contribution in [0.5, 0.6) is 0 Å². The molecule has 5 heteroatoms. The van der Waals surface area contributed by atoms with Crippen molar-refractivity contribution in [3.05, 3.63) is 33.8 Å². The van der Waals surface area contributed by atoms with Crippen LogP contribution in [0.3, 0.4) is 0 Å². The van der Waals surface area contributed by atoms with Crippen molar-refractivity contribution in [2.45, 2.75) is 3.92 Å². The minimum atomic E-state index is 0.186. The van der Waals surface area contributed by atoms with Gasteiger partial charge in [0.15, 0.2) is 0 Å². The maximum atomic E-state index is 6.05. The third-order valence-electron chi connectivity index (χ3n) is 1.83. The summed E-state index contributed by atoms with van der Waals surface area (Å²) in [5.74, 6) is 0. The van der Waals surface area contributed by atoms with E-state index in [0.29, 0.717) is 10.0 Å². The Bertz CT molecular complexity index is 429. The second-order valence-corrected chi connectivity index (χ2v) is 4.96. The van der Waals surface area contributed by atoms with Crippen LogP contribution in [0, 0.1) is 0 Å². The molecule has 0 spiro atoms. The smallest absolute Gasteiger partial charge is 0.0927 e. The molecule has 2 rings (SSSR count). The lowest BCUT2D eigenvalue weighted by Gasteiger charge is -2.06. The second kappa shape index (κ2) is 4.16. The van der Waals surface area contributed by atoms with Gasteiger partial charge in [-0.25, -0.2) is 0 Å². The molecular formula is C9H5Cl2IN2. The van der Waals surface area contributed by atoms with E-state index in [1.54, 1.807) is 18.3 Å². The quantitative estimate of drug-likeness (QED) is 0.552. The predicted octanol–water partition coefficient (Wildman–Crippen LogP) is 3.59. The number of hydrogen-bond acceptors (Lipinski definition) is 2. The summed E-state index contributed by atoms with van der Waals surface area (Å²) >= 11 is 14.1. The van der Waals surface area contributed by atoms with Crippen LogP contribution in [-0.2, 0) is 0 Å². The van der Waals surface area contributed by atoms with Gasteiger partial charge in [0.2, 0.25) is 0 Å². The molecule has 0 amide bonds. The summed E-state index contributed by atoms with van der Waals surface area (Å²) < 4.78 is 0.186. The molecule has 1 aliphatic rings. The highest BCUT2D eigenvalue weighted by Gasteiger charge is 2.19. The molecule has 0 saturated carbocycles. The maximum Gasteiger partial charge on any atom is 0.0927 e. The highest BCUT2D eigenvalue weighted by atomic mass is 127. The Morgan fingerprint density at radius 2 is 2.07 bits per heavy atom. The minimum absolute atomic E-state index is 0.186. The summed E-state index contributed by atoms with van der Waals surface area (Å²) in [7, 11) is 0. The standard InChI is InChI=1S/C9H5Cl2IN2/c10-5-1-2-6(7(11)3-5)9-8(12)4-13-14-9/h1-4,8H. The number of halogens is 3. The third kappa shape index (κ3) is 1.94. The van der Waals surface area contributed by atoms with Gasteiger partial charge >= 0.3 is 0 Å². The van der Waals surface area contributed by atoms with Crippen LogP contribution in [0.15, 0.2) is 28.4 Å². The number of rotatable bonds is 1. The molecule has 0 aromatic heterocycles. The minimum Gasteiger partial charge on any atom is -0.162 e. The molecule has 1 heterocycles. The summed E-state index contributed by atoms with van der Waals surface area (Å²) in [6.07, 6.45) is 1.78. The van der Waals surface area contributed by atoms with E-state index in [2.05, 4.69) is 32.8 Å². The van der Waals surface area contributed by atoms with Crippen molar-refractivity contribution in [3.63, 3.8) is 0 Å². The summed E-state index contributed by atoms with van der Waals surface area (Å²) in [6, 6.07) is 5.37. The molecule has 1 atom stereocenters. The fourth-order valence-electron chi connectivity index (χ4n) is 1.18. The Hall–Kier alpha value is -0.130. The Kier molecular flexibility index (Phi) is 3.09. The zero-order valence-electron chi connectivity index (χ0n) is 6.92. The van der Waals surface area contributed by atoms with Crippen molar-refractivity contribution in [1.29, 1.82) is 0 Å². The molecular weight excluding hydrogens is 334 g/mol. The first-order valence-corrected chi connectivity index (χ1v) is 5.89. The van der Waals surface area contributed by atoms with E-state index in [1.165, 1.54) is 0 Å². The lowest BCUT2D eigenvalue weighted by Crippen LogP contribution is -2.12. The summed E-state index contributed by atoms with van der Waals surface area (Å²) in [6.45, 7) is 0. The second-order valence-electron chi connectivity index (χ2n) is 2.78. The van der Waals surface area contributed by atoms with Crippen LogP contribution in [0.2, 0.25) is 10.0 Å². The SMILES string of the molecule is Clc1ccc(C2=NN=CC2I)c(Cl)c1. The summed E-state index contributed by atoms with van der Waals surface area (Å²) in [5, 5.41) is 9.12. The molecule has 0 radical (unpaired) electrons.